The lowest BCUT2D eigenvalue weighted by atomic mass is 9.82. The predicted octanol–water partition coefficient (Wildman–Crippen LogP) is 3.90. The highest BCUT2D eigenvalue weighted by Crippen LogP contribution is 2.41. The van der Waals surface area contributed by atoms with Crippen LogP contribution < -0.4 is 10.4 Å². The monoisotopic (exact) mass is 440 g/mol. The van der Waals surface area contributed by atoms with Gasteiger partial charge in [0.05, 0.1) is 13.0 Å². The normalized spacial score (nSPS) is 18.1. The van der Waals surface area contributed by atoms with Gasteiger partial charge in [0.2, 0.25) is 5.91 Å². The summed E-state index contributed by atoms with van der Waals surface area (Å²) >= 11 is 1.28. The SMILES string of the molecule is COC(=O)c1c(NC(=O)[C@@H]2CC=CC[C@@H]2C(=O)[O-])sc(C)c1-c1ccc(C(C)C)cc1. The van der Waals surface area contributed by atoms with Crippen LogP contribution in [-0.4, -0.2) is 25.0 Å². The predicted molar refractivity (Wildman–Crippen MR) is 119 cm³/mol. The number of ether oxygens (including phenoxy) is 1. The Kier molecular flexibility index (Phi) is 6.95. The number of thiophene rings is 1. The molecule has 164 valence electrons. The molecule has 1 N–H and O–H groups in total. The van der Waals surface area contributed by atoms with E-state index < -0.39 is 29.7 Å². The van der Waals surface area contributed by atoms with E-state index in [2.05, 4.69) is 19.2 Å². The Morgan fingerprint density at radius 3 is 2.26 bits per heavy atom. The molecule has 0 saturated carbocycles. The van der Waals surface area contributed by atoms with Gasteiger partial charge in [-0.05, 0) is 36.8 Å². The molecule has 2 aromatic rings. The molecule has 0 bridgehead atoms. The van der Waals surface area contributed by atoms with Crippen molar-refractivity contribution < 1.29 is 24.2 Å². The van der Waals surface area contributed by atoms with Crippen molar-refractivity contribution >= 4 is 34.2 Å². The van der Waals surface area contributed by atoms with Crippen molar-refractivity contribution in [3.05, 3.63) is 52.4 Å². The van der Waals surface area contributed by atoms with Gasteiger partial charge >= 0.3 is 5.97 Å². The molecule has 6 nitrogen and oxygen atoms in total. The third kappa shape index (κ3) is 4.71. The molecular formula is C24H26NO5S-. The zero-order valence-corrected chi connectivity index (χ0v) is 18.9. The van der Waals surface area contributed by atoms with Crippen molar-refractivity contribution in [1.29, 1.82) is 0 Å². The largest absolute Gasteiger partial charge is 0.550 e. The highest BCUT2D eigenvalue weighted by molar-refractivity contribution is 7.17. The van der Waals surface area contributed by atoms with E-state index in [1.807, 2.05) is 31.2 Å². The fourth-order valence-electron chi connectivity index (χ4n) is 3.88. The van der Waals surface area contributed by atoms with Gasteiger partial charge in [0.15, 0.2) is 0 Å². The first kappa shape index (κ1) is 22.7. The maximum Gasteiger partial charge on any atom is 0.341 e. The molecule has 1 heterocycles. The minimum absolute atomic E-state index is 0.251. The van der Waals surface area contributed by atoms with Crippen molar-refractivity contribution in [2.45, 2.75) is 39.5 Å². The van der Waals surface area contributed by atoms with Crippen LogP contribution in [0.1, 0.15) is 53.4 Å². The van der Waals surface area contributed by atoms with E-state index in [4.69, 9.17) is 4.74 Å². The number of carboxylic acid groups (broad SMARTS) is 1. The van der Waals surface area contributed by atoms with Crippen LogP contribution >= 0.6 is 11.3 Å². The van der Waals surface area contributed by atoms with E-state index in [1.165, 1.54) is 24.0 Å². The zero-order chi connectivity index (χ0) is 22.7. The average Bonchev–Trinajstić information content (AvgIpc) is 3.08. The first-order valence-electron chi connectivity index (χ1n) is 10.2. The van der Waals surface area contributed by atoms with Gasteiger partial charge in [0, 0.05) is 22.3 Å². The number of aliphatic carboxylic acids is 1. The summed E-state index contributed by atoms with van der Waals surface area (Å²) in [6.45, 7) is 6.10. The fourth-order valence-corrected chi connectivity index (χ4v) is 4.95. The summed E-state index contributed by atoms with van der Waals surface area (Å²) < 4.78 is 5.00. The Morgan fingerprint density at radius 2 is 1.71 bits per heavy atom. The summed E-state index contributed by atoms with van der Waals surface area (Å²) in [4.78, 5) is 37.9. The molecule has 1 aromatic carbocycles. The highest BCUT2D eigenvalue weighted by Gasteiger charge is 2.32. The number of esters is 1. The molecule has 1 aliphatic carbocycles. The number of nitrogens with one attached hydrogen (secondary N) is 1. The van der Waals surface area contributed by atoms with Crippen LogP contribution in [0.5, 0.6) is 0 Å². The summed E-state index contributed by atoms with van der Waals surface area (Å²) in [5, 5.41) is 14.6. The minimum atomic E-state index is -1.24. The summed E-state index contributed by atoms with van der Waals surface area (Å²) in [5.41, 5.74) is 3.03. The van der Waals surface area contributed by atoms with E-state index >= 15 is 0 Å². The van der Waals surface area contributed by atoms with Gasteiger partial charge in [-0.15, -0.1) is 11.3 Å². The number of anilines is 1. The van der Waals surface area contributed by atoms with Crippen molar-refractivity contribution in [1.82, 2.24) is 0 Å². The summed E-state index contributed by atoms with van der Waals surface area (Å²) in [6, 6.07) is 7.96. The molecule has 3 rings (SSSR count). The molecule has 0 spiro atoms. The van der Waals surface area contributed by atoms with E-state index in [-0.39, 0.29) is 12.0 Å². The Morgan fingerprint density at radius 1 is 1.10 bits per heavy atom. The van der Waals surface area contributed by atoms with Crippen LogP contribution in [0, 0.1) is 18.8 Å². The maximum absolute atomic E-state index is 12.9. The Balaban J connectivity index is 1.98. The molecule has 0 radical (unpaired) electrons. The molecule has 31 heavy (non-hydrogen) atoms. The number of rotatable bonds is 6. The van der Waals surface area contributed by atoms with Gasteiger partial charge in [-0.1, -0.05) is 50.3 Å². The maximum atomic E-state index is 12.9. The quantitative estimate of drug-likeness (QED) is 0.543. The molecule has 1 aromatic heterocycles. The Hall–Kier alpha value is -2.93. The van der Waals surface area contributed by atoms with E-state index in [9.17, 15) is 19.5 Å². The van der Waals surface area contributed by atoms with Crippen molar-refractivity contribution in [3.8, 4) is 11.1 Å². The summed E-state index contributed by atoms with van der Waals surface area (Å²) in [7, 11) is 1.30. The van der Waals surface area contributed by atoms with Crippen LogP contribution in [0.4, 0.5) is 5.00 Å². The second-order valence-corrected chi connectivity index (χ2v) is 9.19. The highest BCUT2D eigenvalue weighted by atomic mass is 32.1. The van der Waals surface area contributed by atoms with Crippen LogP contribution in [0.3, 0.4) is 0 Å². The minimum Gasteiger partial charge on any atom is -0.550 e. The standard InChI is InChI=1S/C24H27NO5S/c1-13(2)15-9-11-16(12-10-15)19-14(3)31-22(20(19)24(29)30-4)25-21(26)17-7-5-6-8-18(17)23(27)28/h5-6,9-13,17-18H,7-8H2,1-4H3,(H,25,26)(H,27,28)/p-1/t17-,18+/m1/s1. The van der Waals surface area contributed by atoms with Gasteiger partial charge in [-0.3, -0.25) is 4.79 Å². The first-order chi connectivity index (χ1) is 14.7. The molecule has 2 atom stereocenters. The first-order valence-corrected chi connectivity index (χ1v) is 11.0. The van der Waals surface area contributed by atoms with E-state index in [1.54, 1.807) is 12.2 Å². The van der Waals surface area contributed by atoms with Gasteiger partial charge < -0.3 is 20.0 Å². The molecular weight excluding hydrogens is 414 g/mol. The lowest BCUT2D eigenvalue weighted by Crippen LogP contribution is -2.41. The van der Waals surface area contributed by atoms with Gasteiger partial charge in [0.25, 0.3) is 0 Å². The molecule has 0 fully saturated rings. The summed E-state index contributed by atoms with van der Waals surface area (Å²) in [6.07, 6.45) is 4.11. The number of hydrogen-bond donors (Lipinski definition) is 1. The van der Waals surface area contributed by atoms with Gasteiger partial charge in [-0.2, -0.15) is 0 Å². The number of carbonyl (C=O) groups excluding carboxylic acids is 3. The number of hydrogen-bond acceptors (Lipinski definition) is 6. The van der Waals surface area contributed by atoms with E-state index in [0.29, 0.717) is 22.9 Å². The third-order valence-electron chi connectivity index (χ3n) is 5.65. The van der Waals surface area contributed by atoms with Crippen LogP contribution in [0.25, 0.3) is 11.1 Å². The van der Waals surface area contributed by atoms with Crippen molar-refractivity contribution in [2.75, 3.05) is 12.4 Å². The molecule has 0 aliphatic heterocycles. The van der Waals surface area contributed by atoms with Crippen LogP contribution in [0.15, 0.2) is 36.4 Å². The fraction of sp³-hybridized carbons (Fsp3) is 0.375. The second kappa shape index (κ2) is 9.47. The summed E-state index contributed by atoms with van der Waals surface area (Å²) in [5.74, 6) is -3.50. The number of allylic oxidation sites excluding steroid dienone is 2. The third-order valence-corrected chi connectivity index (χ3v) is 6.67. The number of aryl methyl sites for hydroxylation is 1. The van der Waals surface area contributed by atoms with Crippen molar-refractivity contribution in [3.63, 3.8) is 0 Å². The Labute approximate surface area is 185 Å². The second-order valence-electron chi connectivity index (χ2n) is 7.97. The van der Waals surface area contributed by atoms with Gasteiger partial charge in [-0.25, -0.2) is 4.79 Å². The van der Waals surface area contributed by atoms with Crippen LogP contribution in [-0.2, 0) is 14.3 Å². The Bertz CT molecular complexity index is 1020. The topological polar surface area (TPSA) is 95.5 Å². The average molecular weight is 441 g/mol. The number of carbonyl (C=O) groups is 3. The number of benzene rings is 1. The molecule has 1 amide bonds. The number of carboxylic acids is 1. The van der Waals surface area contributed by atoms with E-state index in [0.717, 1.165) is 10.4 Å². The smallest absolute Gasteiger partial charge is 0.341 e. The molecule has 0 unspecified atom stereocenters. The molecule has 7 heteroatoms. The number of amides is 1. The van der Waals surface area contributed by atoms with Crippen LogP contribution in [0.2, 0.25) is 0 Å². The lowest BCUT2D eigenvalue weighted by molar-refractivity contribution is -0.313. The lowest BCUT2D eigenvalue weighted by Gasteiger charge is -2.28. The number of methoxy groups -OCH3 is 1. The molecule has 0 saturated heterocycles. The zero-order valence-electron chi connectivity index (χ0n) is 18.1. The van der Waals surface area contributed by atoms with Crippen molar-refractivity contribution in [2.24, 2.45) is 11.8 Å². The molecule has 1 aliphatic rings. The van der Waals surface area contributed by atoms with Gasteiger partial charge in [0.1, 0.15) is 10.6 Å².